The highest BCUT2D eigenvalue weighted by Gasteiger charge is 2.18. The lowest BCUT2D eigenvalue weighted by Gasteiger charge is -2.30. The second-order valence-corrected chi connectivity index (χ2v) is 8.59. The van der Waals surface area contributed by atoms with Gasteiger partial charge in [0, 0.05) is 13.1 Å². The minimum atomic E-state index is 0.778. The highest BCUT2D eigenvalue weighted by Crippen LogP contribution is 2.20. The van der Waals surface area contributed by atoms with Crippen molar-refractivity contribution in [2.24, 2.45) is 11.8 Å². The second-order valence-electron chi connectivity index (χ2n) is 8.59. The van der Waals surface area contributed by atoms with E-state index in [0.717, 1.165) is 29.5 Å². The van der Waals surface area contributed by atoms with Gasteiger partial charge in [0.15, 0.2) is 0 Å². The first-order valence-electron chi connectivity index (χ1n) is 11.6. The van der Waals surface area contributed by atoms with Gasteiger partial charge in [0.2, 0.25) is 0 Å². The summed E-state index contributed by atoms with van der Waals surface area (Å²) in [4.78, 5) is 2.65. The Bertz CT molecular complexity index is 660. The maximum absolute atomic E-state index is 4.49. The fraction of sp³-hybridized carbons (Fsp3) is 0.750. The molecule has 0 aliphatic heterocycles. The van der Waals surface area contributed by atoms with Gasteiger partial charge in [-0.3, -0.25) is 4.90 Å². The van der Waals surface area contributed by atoms with Crippen LogP contribution in [0.15, 0.2) is 18.2 Å². The summed E-state index contributed by atoms with van der Waals surface area (Å²) in [6.07, 6.45) is 10.5. The van der Waals surface area contributed by atoms with Crippen LogP contribution in [0.3, 0.4) is 0 Å². The minimum absolute atomic E-state index is 0.778. The molecule has 0 bridgehead atoms. The number of fused-ring (bicyclic) bond motifs is 1. The summed E-state index contributed by atoms with van der Waals surface area (Å²) in [5.74, 6) is 1.56. The van der Waals surface area contributed by atoms with Crippen molar-refractivity contribution >= 4 is 11.0 Å². The first kappa shape index (κ1) is 22.9. The maximum Gasteiger partial charge on any atom is 0.113 e. The molecule has 0 saturated carbocycles. The smallest absolute Gasteiger partial charge is 0.113 e. The van der Waals surface area contributed by atoms with E-state index in [1.807, 2.05) is 0 Å². The lowest BCUT2D eigenvalue weighted by Crippen LogP contribution is -2.36. The van der Waals surface area contributed by atoms with Crippen LogP contribution in [-0.2, 0) is 6.67 Å². The molecule has 0 unspecified atom stereocenters. The van der Waals surface area contributed by atoms with E-state index >= 15 is 0 Å². The molecule has 2 aromatic rings. The zero-order valence-corrected chi connectivity index (χ0v) is 19.0. The molecular formula is C24H42N4. The molecule has 4 heteroatoms. The van der Waals surface area contributed by atoms with Gasteiger partial charge in [-0.1, -0.05) is 77.5 Å². The van der Waals surface area contributed by atoms with Crippen molar-refractivity contribution in [2.45, 2.75) is 92.7 Å². The number of aromatic nitrogens is 3. The average Bonchev–Trinajstić information content (AvgIpc) is 3.09. The summed E-state index contributed by atoms with van der Waals surface area (Å²) in [6.45, 7) is 14.6. The van der Waals surface area contributed by atoms with E-state index in [1.165, 1.54) is 70.0 Å². The summed E-state index contributed by atoms with van der Waals surface area (Å²) in [5, 5.41) is 8.91. The molecule has 0 spiro atoms. The van der Waals surface area contributed by atoms with Gasteiger partial charge in [-0.25, -0.2) is 4.68 Å². The predicted molar refractivity (Wildman–Crippen MR) is 120 cm³/mol. The van der Waals surface area contributed by atoms with Gasteiger partial charge in [-0.05, 0) is 49.3 Å². The summed E-state index contributed by atoms with van der Waals surface area (Å²) in [5.41, 5.74) is 3.41. The molecule has 0 aliphatic rings. The first-order chi connectivity index (χ1) is 13.6. The molecule has 1 aromatic carbocycles. The Kier molecular flexibility index (Phi) is 9.97. The van der Waals surface area contributed by atoms with Crippen molar-refractivity contribution in [1.82, 2.24) is 19.9 Å². The summed E-state index contributed by atoms with van der Waals surface area (Å²) in [6, 6.07) is 6.47. The van der Waals surface area contributed by atoms with E-state index in [2.05, 4.69) is 72.7 Å². The van der Waals surface area contributed by atoms with E-state index < -0.39 is 0 Å². The fourth-order valence-electron chi connectivity index (χ4n) is 4.13. The van der Waals surface area contributed by atoms with Gasteiger partial charge in [-0.2, -0.15) is 0 Å². The van der Waals surface area contributed by atoms with Crippen LogP contribution in [0.25, 0.3) is 11.0 Å². The number of hydrogen-bond acceptors (Lipinski definition) is 3. The second kappa shape index (κ2) is 12.2. The zero-order chi connectivity index (χ0) is 20.4. The van der Waals surface area contributed by atoms with Crippen molar-refractivity contribution in [3.63, 3.8) is 0 Å². The molecule has 0 radical (unpaired) electrons. The molecule has 0 aliphatic carbocycles. The van der Waals surface area contributed by atoms with E-state index in [-0.39, 0.29) is 0 Å². The third-order valence-electron chi connectivity index (χ3n) is 6.12. The highest BCUT2D eigenvalue weighted by molar-refractivity contribution is 5.74. The number of unbranched alkanes of at least 4 members (excludes halogenated alkanes) is 2. The minimum Gasteiger partial charge on any atom is -0.284 e. The van der Waals surface area contributed by atoms with Gasteiger partial charge in [0.1, 0.15) is 5.52 Å². The average molecular weight is 387 g/mol. The van der Waals surface area contributed by atoms with E-state index in [1.54, 1.807) is 0 Å². The number of nitrogens with zero attached hydrogens (tertiary/aromatic N) is 4. The molecule has 0 amide bonds. The van der Waals surface area contributed by atoms with Crippen LogP contribution in [0.1, 0.15) is 84.6 Å². The Balaban J connectivity index is 2.15. The first-order valence-corrected chi connectivity index (χ1v) is 11.6. The molecular weight excluding hydrogens is 344 g/mol. The third-order valence-corrected chi connectivity index (χ3v) is 6.12. The van der Waals surface area contributed by atoms with Gasteiger partial charge in [0.25, 0.3) is 0 Å². The molecule has 2 rings (SSSR count). The van der Waals surface area contributed by atoms with E-state index in [4.69, 9.17) is 0 Å². The molecule has 1 aromatic heterocycles. The molecule has 0 N–H and O–H groups in total. The topological polar surface area (TPSA) is 34.0 Å². The van der Waals surface area contributed by atoms with Crippen LogP contribution in [0.2, 0.25) is 0 Å². The Hall–Kier alpha value is -1.42. The van der Waals surface area contributed by atoms with Crippen LogP contribution in [0, 0.1) is 18.8 Å². The predicted octanol–water partition coefficient (Wildman–Crippen LogP) is 6.43. The van der Waals surface area contributed by atoms with Crippen LogP contribution < -0.4 is 0 Å². The Morgan fingerprint density at radius 1 is 0.929 bits per heavy atom. The fourth-order valence-corrected chi connectivity index (χ4v) is 4.13. The van der Waals surface area contributed by atoms with E-state index in [9.17, 15) is 0 Å². The maximum atomic E-state index is 4.49. The molecule has 2 atom stereocenters. The van der Waals surface area contributed by atoms with Crippen molar-refractivity contribution in [1.29, 1.82) is 0 Å². The summed E-state index contributed by atoms with van der Waals surface area (Å²) in [7, 11) is 0. The van der Waals surface area contributed by atoms with Crippen LogP contribution in [0.5, 0.6) is 0 Å². The van der Waals surface area contributed by atoms with Gasteiger partial charge < -0.3 is 0 Å². The van der Waals surface area contributed by atoms with Crippen LogP contribution in [0.4, 0.5) is 0 Å². The quantitative estimate of drug-likeness (QED) is 0.375. The molecule has 4 nitrogen and oxygen atoms in total. The Morgan fingerprint density at radius 3 is 2.07 bits per heavy atom. The van der Waals surface area contributed by atoms with Gasteiger partial charge >= 0.3 is 0 Å². The SMILES string of the molecule is CCCC[C@H](CC)CN(C[C@@H](CC)CCCC)Cn1nnc2cc(C)ccc21. The molecule has 28 heavy (non-hydrogen) atoms. The summed E-state index contributed by atoms with van der Waals surface area (Å²) < 4.78 is 2.11. The number of hydrogen-bond donors (Lipinski definition) is 0. The van der Waals surface area contributed by atoms with Crippen LogP contribution in [-0.4, -0.2) is 33.0 Å². The third kappa shape index (κ3) is 6.88. The monoisotopic (exact) mass is 386 g/mol. The van der Waals surface area contributed by atoms with Gasteiger partial charge in [0.05, 0.1) is 12.2 Å². The summed E-state index contributed by atoms with van der Waals surface area (Å²) >= 11 is 0. The normalized spacial score (nSPS) is 14.1. The molecule has 0 fully saturated rings. The van der Waals surface area contributed by atoms with Crippen molar-refractivity contribution < 1.29 is 0 Å². The number of benzene rings is 1. The van der Waals surface area contributed by atoms with Crippen molar-refractivity contribution in [3.8, 4) is 0 Å². The van der Waals surface area contributed by atoms with Gasteiger partial charge in [-0.15, -0.1) is 5.10 Å². The lowest BCUT2D eigenvalue weighted by atomic mass is 9.96. The molecule has 158 valence electrons. The number of rotatable bonds is 14. The molecule has 0 saturated heterocycles. The standard InChI is InChI=1S/C24H42N4/c1-6-10-12-21(8-3)17-27(18-22(9-4)13-11-7-2)19-28-24-15-14-20(5)16-23(24)25-26-28/h14-16,21-22H,6-13,17-19H2,1-5H3/t21-,22-/m0/s1. The van der Waals surface area contributed by atoms with E-state index in [0.29, 0.717) is 0 Å². The van der Waals surface area contributed by atoms with Crippen molar-refractivity contribution in [3.05, 3.63) is 23.8 Å². The van der Waals surface area contributed by atoms with Crippen molar-refractivity contribution in [2.75, 3.05) is 13.1 Å². The number of aryl methyl sites for hydroxylation is 1. The highest BCUT2D eigenvalue weighted by atomic mass is 15.5. The molecule has 1 heterocycles. The van der Waals surface area contributed by atoms with Crippen LogP contribution >= 0.6 is 0 Å². The Morgan fingerprint density at radius 2 is 1.54 bits per heavy atom. The zero-order valence-electron chi connectivity index (χ0n) is 19.0. The largest absolute Gasteiger partial charge is 0.284 e. The lowest BCUT2D eigenvalue weighted by molar-refractivity contribution is 0.139. The Labute approximate surface area is 172 Å².